The van der Waals surface area contributed by atoms with Crippen LogP contribution < -0.4 is 4.74 Å². The van der Waals surface area contributed by atoms with Crippen molar-refractivity contribution in [1.29, 1.82) is 0 Å². The fourth-order valence-corrected chi connectivity index (χ4v) is 1.92. The van der Waals surface area contributed by atoms with E-state index in [1.807, 2.05) is 0 Å². The van der Waals surface area contributed by atoms with E-state index >= 15 is 0 Å². The van der Waals surface area contributed by atoms with Gasteiger partial charge >= 0.3 is 6.18 Å². The van der Waals surface area contributed by atoms with Gasteiger partial charge in [-0.05, 0) is 33.6 Å². The van der Waals surface area contributed by atoms with E-state index in [2.05, 4.69) is 15.9 Å². The first-order chi connectivity index (χ1) is 8.83. The molecule has 0 saturated carbocycles. The fraction of sp³-hybridized carbons (Fsp3) is 0.500. The highest BCUT2D eigenvalue weighted by Gasteiger charge is 2.31. The van der Waals surface area contributed by atoms with Gasteiger partial charge in [0.05, 0.1) is 23.6 Å². The van der Waals surface area contributed by atoms with Crippen LogP contribution in [0.2, 0.25) is 0 Å². The van der Waals surface area contributed by atoms with Gasteiger partial charge in [0.25, 0.3) is 0 Å². The molecular formula is C12H14BrF3O3. The summed E-state index contributed by atoms with van der Waals surface area (Å²) in [5.41, 5.74) is 0.184. The van der Waals surface area contributed by atoms with Crippen molar-refractivity contribution in [3.05, 3.63) is 28.2 Å². The second kappa shape index (κ2) is 7.12. The molecule has 0 fully saturated rings. The summed E-state index contributed by atoms with van der Waals surface area (Å²) in [6.45, 7) is 0.741. The van der Waals surface area contributed by atoms with E-state index in [1.54, 1.807) is 0 Å². The molecule has 0 spiro atoms. The first kappa shape index (κ1) is 16.3. The van der Waals surface area contributed by atoms with E-state index in [4.69, 9.17) is 9.47 Å². The summed E-state index contributed by atoms with van der Waals surface area (Å²) in [6, 6.07) is 4.33. The molecule has 0 aliphatic rings. The van der Waals surface area contributed by atoms with Crippen molar-refractivity contribution in [3.8, 4) is 5.75 Å². The topological polar surface area (TPSA) is 38.7 Å². The summed E-state index contributed by atoms with van der Waals surface area (Å²) < 4.78 is 47.1. The van der Waals surface area contributed by atoms with E-state index < -0.39 is 18.7 Å². The number of hydrogen-bond acceptors (Lipinski definition) is 3. The first-order valence-corrected chi connectivity index (χ1v) is 6.29. The Balaban J connectivity index is 2.70. The van der Waals surface area contributed by atoms with Crippen molar-refractivity contribution in [3.63, 3.8) is 0 Å². The zero-order valence-electron chi connectivity index (χ0n) is 10.2. The highest BCUT2D eigenvalue weighted by atomic mass is 79.9. The number of aliphatic hydroxyl groups is 1. The third-order valence-corrected chi connectivity index (χ3v) is 2.93. The van der Waals surface area contributed by atoms with Crippen molar-refractivity contribution in [1.82, 2.24) is 0 Å². The molecule has 0 saturated heterocycles. The Hall–Kier alpha value is -0.790. The summed E-state index contributed by atoms with van der Waals surface area (Å²) in [6.07, 6.45) is -7.26. The van der Waals surface area contributed by atoms with Crippen molar-refractivity contribution >= 4 is 15.9 Å². The van der Waals surface area contributed by atoms with Crippen molar-refractivity contribution in [2.24, 2.45) is 0 Å². The third kappa shape index (κ3) is 5.80. The molecule has 1 rings (SSSR count). The van der Waals surface area contributed by atoms with Crippen LogP contribution in [0.3, 0.4) is 0 Å². The second-order valence-corrected chi connectivity index (χ2v) is 4.72. The highest BCUT2D eigenvalue weighted by molar-refractivity contribution is 9.10. The molecule has 7 heteroatoms. The molecule has 19 heavy (non-hydrogen) atoms. The summed E-state index contributed by atoms with van der Waals surface area (Å²) in [4.78, 5) is 0. The van der Waals surface area contributed by atoms with Crippen LogP contribution in [0.25, 0.3) is 0 Å². The third-order valence-electron chi connectivity index (χ3n) is 2.31. The SMILES string of the molecule is COCCOc1ccc(C(O)CC(F)(F)F)cc1Br. The predicted molar refractivity (Wildman–Crippen MR) is 67.1 cm³/mol. The van der Waals surface area contributed by atoms with E-state index in [0.29, 0.717) is 23.4 Å². The van der Waals surface area contributed by atoms with E-state index in [0.717, 1.165) is 0 Å². The lowest BCUT2D eigenvalue weighted by atomic mass is 10.1. The van der Waals surface area contributed by atoms with Crippen LogP contribution in [-0.4, -0.2) is 31.6 Å². The van der Waals surface area contributed by atoms with E-state index in [1.165, 1.54) is 25.3 Å². The highest BCUT2D eigenvalue weighted by Crippen LogP contribution is 2.33. The van der Waals surface area contributed by atoms with Crippen LogP contribution >= 0.6 is 15.9 Å². The minimum atomic E-state index is -4.40. The van der Waals surface area contributed by atoms with E-state index in [-0.39, 0.29) is 5.56 Å². The number of aliphatic hydroxyl groups excluding tert-OH is 1. The van der Waals surface area contributed by atoms with Gasteiger partial charge < -0.3 is 14.6 Å². The number of ether oxygens (including phenoxy) is 2. The molecule has 3 nitrogen and oxygen atoms in total. The van der Waals surface area contributed by atoms with Crippen LogP contribution in [0.4, 0.5) is 13.2 Å². The van der Waals surface area contributed by atoms with Crippen molar-refractivity contribution in [2.75, 3.05) is 20.3 Å². The average molecular weight is 343 g/mol. The molecule has 1 aromatic rings. The molecule has 0 aromatic heterocycles. The van der Waals surface area contributed by atoms with Gasteiger partial charge in [-0.2, -0.15) is 13.2 Å². The lowest BCUT2D eigenvalue weighted by molar-refractivity contribution is -0.154. The molecule has 0 amide bonds. The van der Waals surface area contributed by atoms with Gasteiger partial charge in [0.1, 0.15) is 12.4 Å². The number of hydrogen-bond donors (Lipinski definition) is 1. The number of alkyl halides is 3. The van der Waals surface area contributed by atoms with Gasteiger partial charge in [-0.15, -0.1) is 0 Å². The molecule has 0 aliphatic heterocycles. The first-order valence-electron chi connectivity index (χ1n) is 5.49. The number of methoxy groups -OCH3 is 1. The molecular weight excluding hydrogens is 329 g/mol. The Morgan fingerprint density at radius 1 is 1.32 bits per heavy atom. The van der Waals surface area contributed by atoms with Gasteiger partial charge in [0.2, 0.25) is 0 Å². The number of rotatable bonds is 6. The fourth-order valence-electron chi connectivity index (χ4n) is 1.41. The Kier molecular flexibility index (Phi) is 6.09. The molecule has 1 unspecified atom stereocenters. The van der Waals surface area contributed by atoms with Crippen LogP contribution in [0.1, 0.15) is 18.1 Å². The monoisotopic (exact) mass is 342 g/mol. The quantitative estimate of drug-likeness (QED) is 0.804. The van der Waals surface area contributed by atoms with Crippen molar-refractivity contribution < 1.29 is 27.8 Å². The maximum Gasteiger partial charge on any atom is 0.391 e. The predicted octanol–water partition coefficient (Wildman–Crippen LogP) is 3.46. The van der Waals surface area contributed by atoms with Crippen LogP contribution in [0.5, 0.6) is 5.75 Å². The van der Waals surface area contributed by atoms with Gasteiger partial charge in [-0.3, -0.25) is 0 Å². The zero-order valence-corrected chi connectivity index (χ0v) is 11.8. The standard InChI is InChI=1S/C12H14BrF3O3/c1-18-4-5-19-11-3-2-8(6-9(11)13)10(17)7-12(14,15)16/h2-3,6,10,17H,4-5,7H2,1H3. The van der Waals surface area contributed by atoms with E-state index in [9.17, 15) is 18.3 Å². The van der Waals surface area contributed by atoms with Gasteiger partial charge in [-0.1, -0.05) is 6.07 Å². The normalized spacial score (nSPS) is 13.4. The van der Waals surface area contributed by atoms with Crippen LogP contribution in [0, 0.1) is 0 Å². The Labute approximate surface area is 117 Å². The summed E-state index contributed by atoms with van der Waals surface area (Å²) >= 11 is 3.19. The average Bonchev–Trinajstić information content (AvgIpc) is 2.29. The summed E-state index contributed by atoms with van der Waals surface area (Å²) in [7, 11) is 1.54. The second-order valence-electron chi connectivity index (χ2n) is 3.87. The minimum Gasteiger partial charge on any atom is -0.490 e. The molecule has 1 aromatic carbocycles. The largest absolute Gasteiger partial charge is 0.490 e. The lowest BCUT2D eigenvalue weighted by Gasteiger charge is -2.15. The molecule has 108 valence electrons. The zero-order chi connectivity index (χ0) is 14.5. The Morgan fingerprint density at radius 3 is 2.53 bits per heavy atom. The maximum atomic E-state index is 12.2. The summed E-state index contributed by atoms with van der Waals surface area (Å²) in [5.74, 6) is 0.486. The summed E-state index contributed by atoms with van der Waals surface area (Å²) in [5, 5.41) is 9.48. The van der Waals surface area contributed by atoms with Crippen LogP contribution in [-0.2, 0) is 4.74 Å². The Bertz CT molecular complexity index is 410. The minimum absolute atomic E-state index is 0.184. The van der Waals surface area contributed by atoms with Gasteiger partial charge in [0.15, 0.2) is 0 Å². The van der Waals surface area contributed by atoms with Crippen molar-refractivity contribution in [2.45, 2.75) is 18.7 Å². The van der Waals surface area contributed by atoms with Gasteiger partial charge in [-0.25, -0.2) is 0 Å². The smallest absolute Gasteiger partial charge is 0.391 e. The molecule has 0 aliphatic carbocycles. The molecule has 1 N–H and O–H groups in total. The molecule has 0 heterocycles. The molecule has 1 atom stereocenters. The van der Waals surface area contributed by atoms with Gasteiger partial charge in [0, 0.05) is 7.11 Å². The lowest BCUT2D eigenvalue weighted by Crippen LogP contribution is -2.13. The maximum absolute atomic E-state index is 12.2. The molecule has 0 bridgehead atoms. The number of halogens is 4. The number of benzene rings is 1. The van der Waals surface area contributed by atoms with Crippen LogP contribution in [0.15, 0.2) is 22.7 Å². The molecule has 0 radical (unpaired) electrons. The Morgan fingerprint density at radius 2 is 2.00 bits per heavy atom.